The van der Waals surface area contributed by atoms with Crippen molar-refractivity contribution in [2.75, 3.05) is 33.0 Å². The van der Waals surface area contributed by atoms with Gasteiger partial charge in [-0.15, -0.1) is 6.58 Å². The number of unbranched alkanes of at least 4 members (excludes halogenated alkanes) is 1. The van der Waals surface area contributed by atoms with Gasteiger partial charge in [-0.1, -0.05) is 6.08 Å². The Morgan fingerprint density at radius 2 is 2.22 bits per heavy atom. The molecule has 0 radical (unpaired) electrons. The highest BCUT2D eigenvalue weighted by atomic mass is 16.5. The van der Waals surface area contributed by atoms with Gasteiger partial charge in [0.25, 0.3) is 0 Å². The normalized spacial score (nSPS) is 19.5. The Kier molecular flexibility index (Phi) is 7.69. The zero-order valence-corrected chi connectivity index (χ0v) is 11.4. The van der Waals surface area contributed by atoms with Crippen molar-refractivity contribution < 1.29 is 14.3 Å². The first-order valence-electron chi connectivity index (χ1n) is 6.85. The average Bonchev–Trinajstić information content (AvgIpc) is 2.71. The van der Waals surface area contributed by atoms with Crippen LogP contribution in [0.25, 0.3) is 0 Å². The molecule has 0 aliphatic carbocycles. The van der Waals surface area contributed by atoms with E-state index in [2.05, 4.69) is 6.58 Å². The van der Waals surface area contributed by atoms with Crippen molar-refractivity contribution in [2.24, 2.45) is 0 Å². The molecule has 1 aliphatic rings. The summed E-state index contributed by atoms with van der Waals surface area (Å²) in [5, 5.41) is 0. The minimum Gasteiger partial charge on any atom is -0.379 e. The van der Waals surface area contributed by atoms with E-state index in [1.807, 2.05) is 17.9 Å². The van der Waals surface area contributed by atoms with Gasteiger partial charge in [-0.2, -0.15) is 0 Å². The standard InChI is InChI=1S/C14H25NO3/c1-3-5-6-9-15-13(7-8-14(15)16)12-18-11-10-17-4-2/h3,13H,1,4-12H2,2H3/t13-/m0/s1. The molecule has 0 N–H and O–H groups in total. The second kappa shape index (κ2) is 9.11. The minimum absolute atomic E-state index is 0.254. The van der Waals surface area contributed by atoms with Crippen molar-refractivity contribution >= 4 is 5.91 Å². The number of likely N-dealkylation sites (tertiary alicyclic amines) is 1. The molecule has 18 heavy (non-hydrogen) atoms. The lowest BCUT2D eigenvalue weighted by Crippen LogP contribution is -2.37. The second-order valence-electron chi connectivity index (χ2n) is 4.48. The molecule has 0 aromatic rings. The van der Waals surface area contributed by atoms with Crippen LogP contribution in [0, 0.1) is 0 Å². The van der Waals surface area contributed by atoms with E-state index in [1.165, 1.54) is 0 Å². The molecule has 104 valence electrons. The van der Waals surface area contributed by atoms with E-state index in [9.17, 15) is 4.79 Å². The molecule has 0 aromatic heterocycles. The summed E-state index contributed by atoms with van der Waals surface area (Å²) in [5.74, 6) is 0.262. The summed E-state index contributed by atoms with van der Waals surface area (Å²) in [6.45, 7) is 9.09. The van der Waals surface area contributed by atoms with Gasteiger partial charge in [-0.05, 0) is 26.2 Å². The number of hydrogen-bond donors (Lipinski definition) is 0. The summed E-state index contributed by atoms with van der Waals surface area (Å²) in [7, 11) is 0. The fraction of sp³-hybridized carbons (Fsp3) is 0.786. The average molecular weight is 255 g/mol. The number of nitrogens with zero attached hydrogens (tertiary/aromatic N) is 1. The number of hydrogen-bond acceptors (Lipinski definition) is 3. The predicted octanol–water partition coefficient (Wildman–Crippen LogP) is 2.00. The third-order valence-corrected chi connectivity index (χ3v) is 3.15. The van der Waals surface area contributed by atoms with Crippen LogP contribution in [0.2, 0.25) is 0 Å². The number of rotatable bonds is 10. The molecule has 0 spiro atoms. The molecule has 1 amide bonds. The SMILES string of the molecule is C=CCCCN1C(=O)CC[C@H]1COCCOCC. The van der Waals surface area contributed by atoms with Crippen LogP contribution >= 0.6 is 0 Å². The van der Waals surface area contributed by atoms with Crippen LogP contribution in [0.5, 0.6) is 0 Å². The molecular formula is C14H25NO3. The van der Waals surface area contributed by atoms with Gasteiger partial charge in [-0.3, -0.25) is 4.79 Å². The Morgan fingerprint density at radius 3 is 2.94 bits per heavy atom. The molecule has 0 aromatic carbocycles. The van der Waals surface area contributed by atoms with Crippen molar-refractivity contribution in [3.63, 3.8) is 0 Å². The molecular weight excluding hydrogens is 230 g/mol. The van der Waals surface area contributed by atoms with E-state index in [0.717, 1.165) is 32.4 Å². The molecule has 0 unspecified atom stereocenters. The molecule has 1 heterocycles. The van der Waals surface area contributed by atoms with E-state index in [0.29, 0.717) is 26.2 Å². The van der Waals surface area contributed by atoms with Crippen molar-refractivity contribution in [2.45, 2.75) is 38.6 Å². The van der Waals surface area contributed by atoms with Crippen molar-refractivity contribution in [1.29, 1.82) is 0 Å². The van der Waals surface area contributed by atoms with Crippen molar-refractivity contribution in [3.05, 3.63) is 12.7 Å². The van der Waals surface area contributed by atoms with Crippen LogP contribution in [0.15, 0.2) is 12.7 Å². The molecule has 1 rings (SSSR count). The van der Waals surface area contributed by atoms with Crippen LogP contribution in [-0.2, 0) is 14.3 Å². The maximum absolute atomic E-state index is 11.7. The third kappa shape index (κ3) is 5.19. The molecule has 1 aliphatic heterocycles. The second-order valence-corrected chi connectivity index (χ2v) is 4.48. The maximum atomic E-state index is 11.7. The van der Waals surface area contributed by atoms with Crippen LogP contribution in [0.4, 0.5) is 0 Å². The zero-order chi connectivity index (χ0) is 13.2. The molecule has 0 bridgehead atoms. The lowest BCUT2D eigenvalue weighted by atomic mass is 10.2. The van der Waals surface area contributed by atoms with Gasteiger partial charge in [0.2, 0.25) is 5.91 Å². The predicted molar refractivity (Wildman–Crippen MR) is 71.5 cm³/mol. The number of allylic oxidation sites excluding steroid dienone is 1. The quantitative estimate of drug-likeness (QED) is 0.443. The summed E-state index contributed by atoms with van der Waals surface area (Å²) in [5.41, 5.74) is 0. The Labute approximate surface area is 110 Å². The number of ether oxygens (including phenoxy) is 2. The Balaban J connectivity index is 2.20. The fourth-order valence-corrected chi connectivity index (χ4v) is 2.16. The van der Waals surface area contributed by atoms with Crippen LogP contribution in [-0.4, -0.2) is 49.8 Å². The van der Waals surface area contributed by atoms with Crippen molar-refractivity contribution in [3.8, 4) is 0 Å². The molecule has 4 nitrogen and oxygen atoms in total. The van der Waals surface area contributed by atoms with Crippen LogP contribution in [0.1, 0.15) is 32.6 Å². The van der Waals surface area contributed by atoms with Gasteiger partial charge in [-0.25, -0.2) is 0 Å². The first-order chi connectivity index (χ1) is 8.79. The molecule has 1 fully saturated rings. The van der Waals surface area contributed by atoms with E-state index in [-0.39, 0.29) is 11.9 Å². The molecule has 1 saturated heterocycles. The lowest BCUT2D eigenvalue weighted by molar-refractivity contribution is -0.129. The first-order valence-corrected chi connectivity index (χ1v) is 6.85. The van der Waals surface area contributed by atoms with Gasteiger partial charge >= 0.3 is 0 Å². The number of carbonyl (C=O) groups excluding carboxylic acids is 1. The summed E-state index contributed by atoms with van der Waals surface area (Å²) in [6, 6.07) is 0.254. The molecule has 1 atom stereocenters. The fourth-order valence-electron chi connectivity index (χ4n) is 2.16. The van der Waals surface area contributed by atoms with Crippen molar-refractivity contribution in [1.82, 2.24) is 4.90 Å². The highest BCUT2D eigenvalue weighted by Crippen LogP contribution is 2.19. The third-order valence-electron chi connectivity index (χ3n) is 3.15. The van der Waals surface area contributed by atoms with E-state index in [1.54, 1.807) is 0 Å². The van der Waals surface area contributed by atoms with Gasteiger partial charge in [0.1, 0.15) is 0 Å². The summed E-state index contributed by atoms with van der Waals surface area (Å²) < 4.78 is 10.8. The van der Waals surface area contributed by atoms with Gasteiger partial charge in [0.05, 0.1) is 25.9 Å². The highest BCUT2D eigenvalue weighted by Gasteiger charge is 2.30. The zero-order valence-electron chi connectivity index (χ0n) is 11.4. The van der Waals surface area contributed by atoms with Gasteiger partial charge in [0, 0.05) is 19.6 Å². The van der Waals surface area contributed by atoms with Crippen LogP contribution in [0.3, 0.4) is 0 Å². The van der Waals surface area contributed by atoms with Gasteiger partial charge < -0.3 is 14.4 Å². The topological polar surface area (TPSA) is 38.8 Å². The maximum Gasteiger partial charge on any atom is 0.222 e. The number of carbonyl (C=O) groups is 1. The summed E-state index contributed by atoms with van der Waals surface area (Å²) in [6.07, 6.45) is 5.43. The summed E-state index contributed by atoms with van der Waals surface area (Å²) >= 11 is 0. The van der Waals surface area contributed by atoms with Gasteiger partial charge in [0.15, 0.2) is 0 Å². The monoisotopic (exact) mass is 255 g/mol. The first kappa shape index (κ1) is 15.2. The Bertz CT molecular complexity index is 255. The molecule has 4 heteroatoms. The largest absolute Gasteiger partial charge is 0.379 e. The lowest BCUT2D eigenvalue weighted by Gasteiger charge is -2.24. The van der Waals surface area contributed by atoms with E-state index >= 15 is 0 Å². The Hall–Kier alpha value is -0.870. The minimum atomic E-state index is 0.254. The molecule has 0 saturated carbocycles. The van der Waals surface area contributed by atoms with E-state index < -0.39 is 0 Å². The summed E-state index contributed by atoms with van der Waals surface area (Å²) in [4.78, 5) is 13.7. The van der Waals surface area contributed by atoms with Crippen LogP contribution < -0.4 is 0 Å². The number of amides is 1. The smallest absolute Gasteiger partial charge is 0.222 e. The Morgan fingerprint density at radius 1 is 1.44 bits per heavy atom. The van der Waals surface area contributed by atoms with E-state index in [4.69, 9.17) is 9.47 Å². The highest BCUT2D eigenvalue weighted by molar-refractivity contribution is 5.78.